The molecule has 4 nitrogen and oxygen atoms in total. The molecule has 0 amide bonds. The Morgan fingerprint density at radius 3 is 2.63 bits per heavy atom. The van der Waals surface area contributed by atoms with Gasteiger partial charge in [0, 0.05) is 6.04 Å². The summed E-state index contributed by atoms with van der Waals surface area (Å²) in [5.41, 5.74) is 5.96. The first-order valence-electron chi connectivity index (χ1n) is 5.91. The predicted molar refractivity (Wildman–Crippen MR) is 76.4 cm³/mol. The van der Waals surface area contributed by atoms with Crippen molar-refractivity contribution in [2.24, 2.45) is 5.73 Å². The van der Waals surface area contributed by atoms with Crippen molar-refractivity contribution >= 4 is 15.9 Å². The van der Waals surface area contributed by atoms with Crippen LogP contribution in [0.4, 0.5) is 0 Å². The lowest BCUT2D eigenvalue weighted by Crippen LogP contribution is -2.28. The minimum atomic E-state index is -0.334. The number of benzene rings is 1. The number of nitrogens with two attached hydrogens (primary N) is 1. The van der Waals surface area contributed by atoms with Crippen LogP contribution in [0.2, 0.25) is 0 Å². The Hall–Kier alpha value is -1.46. The molecule has 1 aromatic carbocycles. The number of furan rings is 1. The second-order valence-corrected chi connectivity index (χ2v) is 5.06. The van der Waals surface area contributed by atoms with Gasteiger partial charge in [-0.3, -0.25) is 0 Å². The van der Waals surface area contributed by atoms with Crippen LogP contribution in [0.1, 0.15) is 18.8 Å². The Morgan fingerprint density at radius 1 is 1.32 bits per heavy atom. The molecule has 0 bridgehead atoms. The van der Waals surface area contributed by atoms with Crippen molar-refractivity contribution in [2.45, 2.75) is 19.1 Å². The van der Waals surface area contributed by atoms with E-state index in [1.807, 2.05) is 37.3 Å². The largest absolute Gasteiger partial charge is 0.497 e. The van der Waals surface area contributed by atoms with Crippen molar-refractivity contribution < 1.29 is 13.9 Å². The van der Waals surface area contributed by atoms with E-state index < -0.39 is 0 Å². The first-order valence-corrected chi connectivity index (χ1v) is 6.70. The molecule has 2 rings (SSSR count). The quantitative estimate of drug-likeness (QED) is 0.913. The van der Waals surface area contributed by atoms with E-state index in [2.05, 4.69) is 15.9 Å². The van der Waals surface area contributed by atoms with Gasteiger partial charge in [-0.15, -0.1) is 0 Å². The first kappa shape index (κ1) is 14.0. The summed E-state index contributed by atoms with van der Waals surface area (Å²) in [5, 5.41) is 0. The summed E-state index contributed by atoms with van der Waals surface area (Å²) >= 11 is 3.45. The highest BCUT2D eigenvalue weighted by Crippen LogP contribution is 2.33. The van der Waals surface area contributed by atoms with Gasteiger partial charge in [0.05, 0.1) is 17.8 Å². The van der Waals surface area contributed by atoms with Crippen LogP contribution in [0.3, 0.4) is 0 Å². The molecule has 0 aliphatic carbocycles. The Kier molecular flexibility index (Phi) is 4.50. The van der Waals surface area contributed by atoms with Crippen LogP contribution in [-0.2, 0) is 0 Å². The molecule has 5 heteroatoms. The van der Waals surface area contributed by atoms with Crippen molar-refractivity contribution in [3.8, 4) is 11.5 Å². The molecule has 0 radical (unpaired) electrons. The normalized spacial score (nSPS) is 13.9. The molecule has 102 valence electrons. The summed E-state index contributed by atoms with van der Waals surface area (Å²) in [6, 6.07) is 8.99. The Balaban J connectivity index is 2.23. The van der Waals surface area contributed by atoms with E-state index in [4.69, 9.17) is 19.6 Å². The van der Waals surface area contributed by atoms with E-state index in [1.54, 1.807) is 13.4 Å². The zero-order valence-corrected chi connectivity index (χ0v) is 12.4. The third-order valence-electron chi connectivity index (χ3n) is 2.69. The smallest absolute Gasteiger partial charge is 0.171 e. The number of hydrogen-bond donors (Lipinski definition) is 1. The molecule has 0 aliphatic heterocycles. The molecule has 0 fully saturated rings. The van der Waals surface area contributed by atoms with Crippen LogP contribution in [0.5, 0.6) is 11.5 Å². The summed E-state index contributed by atoms with van der Waals surface area (Å²) in [4.78, 5) is 0. The average Bonchev–Trinajstić information content (AvgIpc) is 2.90. The summed E-state index contributed by atoms with van der Waals surface area (Å²) in [5.74, 6) is 2.16. The zero-order valence-electron chi connectivity index (χ0n) is 10.8. The maximum Gasteiger partial charge on any atom is 0.171 e. The molecule has 2 aromatic rings. The maximum absolute atomic E-state index is 5.96. The number of ether oxygens (including phenoxy) is 2. The fourth-order valence-electron chi connectivity index (χ4n) is 1.72. The van der Waals surface area contributed by atoms with E-state index in [9.17, 15) is 0 Å². The van der Waals surface area contributed by atoms with E-state index in [0.29, 0.717) is 11.5 Å². The lowest BCUT2D eigenvalue weighted by Gasteiger charge is -2.21. The molecule has 19 heavy (non-hydrogen) atoms. The minimum absolute atomic E-state index is 0.194. The molecule has 0 saturated heterocycles. The van der Waals surface area contributed by atoms with Gasteiger partial charge < -0.3 is 19.6 Å². The van der Waals surface area contributed by atoms with Gasteiger partial charge in [0.1, 0.15) is 17.3 Å². The van der Waals surface area contributed by atoms with Crippen LogP contribution < -0.4 is 15.2 Å². The molecule has 0 saturated carbocycles. The highest BCUT2D eigenvalue weighted by atomic mass is 79.9. The fraction of sp³-hybridized carbons (Fsp3) is 0.286. The van der Waals surface area contributed by atoms with Crippen LogP contribution in [-0.4, -0.2) is 13.2 Å². The third kappa shape index (κ3) is 3.30. The molecule has 2 unspecified atom stereocenters. The lowest BCUT2D eigenvalue weighted by atomic mass is 10.1. The molecular formula is C14H16BrNO3. The predicted octanol–water partition coefficient (Wildman–Crippen LogP) is 3.52. The topological polar surface area (TPSA) is 57.6 Å². The lowest BCUT2D eigenvalue weighted by molar-refractivity contribution is 0.152. The Morgan fingerprint density at radius 2 is 2.11 bits per heavy atom. The number of halogens is 1. The summed E-state index contributed by atoms with van der Waals surface area (Å²) in [6.45, 7) is 1.88. The van der Waals surface area contributed by atoms with Crippen molar-refractivity contribution in [1.29, 1.82) is 0 Å². The number of rotatable bonds is 5. The molecule has 0 spiro atoms. The standard InChI is InChI=1S/C14H16BrNO3/c1-9(16)14(13-4-3-7-18-13)19-12-6-5-10(17-2)8-11(12)15/h3-9,14H,16H2,1-2H3. The van der Waals surface area contributed by atoms with Gasteiger partial charge in [0.25, 0.3) is 0 Å². The van der Waals surface area contributed by atoms with Crippen molar-refractivity contribution in [3.05, 3.63) is 46.8 Å². The molecule has 1 aromatic heterocycles. The highest BCUT2D eigenvalue weighted by Gasteiger charge is 2.22. The highest BCUT2D eigenvalue weighted by molar-refractivity contribution is 9.10. The van der Waals surface area contributed by atoms with Crippen molar-refractivity contribution in [2.75, 3.05) is 7.11 Å². The van der Waals surface area contributed by atoms with Crippen LogP contribution >= 0.6 is 15.9 Å². The van der Waals surface area contributed by atoms with Crippen molar-refractivity contribution in [1.82, 2.24) is 0 Å². The third-order valence-corrected chi connectivity index (χ3v) is 3.31. The van der Waals surface area contributed by atoms with Gasteiger partial charge >= 0.3 is 0 Å². The van der Waals surface area contributed by atoms with E-state index in [0.717, 1.165) is 10.2 Å². The van der Waals surface area contributed by atoms with E-state index in [1.165, 1.54) is 0 Å². The van der Waals surface area contributed by atoms with Crippen LogP contribution in [0, 0.1) is 0 Å². The SMILES string of the molecule is COc1ccc(OC(c2ccco2)C(C)N)c(Br)c1. The molecule has 2 N–H and O–H groups in total. The van der Waals surface area contributed by atoms with Gasteiger partial charge in [-0.1, -0.05) is 0 Å². The maximum atomic E-state index is 5.96. The van der Waals surface area contributed by atoms with Gasteiger partial charge in [-0.2, -0.15) is 0 Å². The van der Waals surface area contributed by atoms with Gasteiger partial charge in [0.15, 0.2) is 6.10 Å². The summed E-state index contributed by atoms with van der Waals surface area (Å²) in [6.07, 6.45) is 1.27. The molecule has 0 aliphatic rings. The summed E-state index contributed by atoms with van der Waals surface area (Å²) < 4.78 is 17.3. The Bertz CT molecular complexity index is 525. The van der Waals surface area contributed by atoms with Gasteiger partial charge in [0.2, 0.25) is 0 Å². The van der Waals surface area contributed by atoms with Gasteiger partial charge in [-0.05, 0) is 53.2 Å². The molecule has 2 atom stereocenters. The van der Waals surface area contributed by atoms with E-state index in [-0.39, 0.29) is 12.1 Å². The monoisotopic (exact) mass is 325 g/mol. The first-order chi connectivity index (χ1) is 9.11. The number of hydrogen-bond acceptors (Lipinski definition) is 4. The molecular weight excluding hydrogens is 310 g/mol. The van der Waals surface area contributed by atoms with E-state index >= 15 is 0 Å². The second kappa shape index (κ2) is 6.12. The van der Waals surface area contributed by atoms with Gasteiger partial charge in [-0.25, -0.2) is 0 Å². The molecule has 1 heterocycles. The fourth-order valence-corrected chi connectivity index (χ4v) is 2.17. The summed E-state index contributed by atoms with van der Waals surface area (Å²) in [7, 11) is 1.62. The van der Waals surface area contributed by atoms with Crippen molar-refractivity contribution in [3.63, 3.8) is 0 Å². The van der Waals surface area contributed by atoms with Crippen LogP contribution in [0.15, 0.2) is 45.5 Å². The van der Waals surface area contributed by atoms with Crippen LogP contribution in [0.25, 0.3) is 0 Å². The second-order valence-electron chi connectivity index (χ2n) is 4.21. The zero-order chi connectivity index (χ0) is 13.8. The minimum Gasteiger partial charge on any atom is -0.497 e. The number of methoxy groups -OCH3 is 1. The Labute approximate surface area is 120 Å². The average molecular weight is 326 g/mol.